The van der Waals surface area contributed by atoms with Gasteiger partial charge < -0.3 is 4.74 Å². The minimum Gasteiger partial charge on any atom is -0.455 e. The van der Waals surface area contributed by atoms with Crippen molar-refractivity contribution >= 4 is 44.8 Å². The molecule has 104 valence electrons. The van der Waals surface area contributed by atoms with Gasteiger partial charge in [0.25, 0.3) is 5.69 Å². The van der Waals surface area contributed by atoms with Gasteiger partial charge in [0.05, 0.1) is 15.8 Å². The summed E-state index contributed by atoms with van der Waals surface area (Å²) in [5, 5.41) is 11.2. The van der Waals surface area contributed by atoms with Crippen molar-refractivity contribution in [2.45, 2.75) is 5.88 Å². The second-order valence-corrected chi connectivity index (χ2v) is 5.45. The lowest BCUT2D eigenvalue weighted by molar-refractivity contribution is -0.384. The van der Waals surface area contributed by atoms with E-state index < -0.39 is 4.92 Å². The summed E-state index contributed by atoms with van der Waals surface area (Å²) in [6, 6.07) is 9.43. The Morgan fingerprint density at radius 2 is 1.90 bits per heavy atom. The standard InChI is InChI=1S/C13H8BrCl2NO3/c14-9-1-3-13(11(16)6-9)20-12-4-2-10(17(18)19)5-8(12)7-15/h1-6H,7H2. The molecule has 0 aliphatic heterocycles. The molecule has 0 atom stereocenters. The second-order valence-electron chi connectivity index (χ2n) is 3.86. The summed E-state index contributed by atoms with van der Waals surface area (Å²) in [5.74, 6) is 0.996. The highest BCUT2D eigenvalue weighted by atomic mass is 79.9. The van der Waals surface area contributed by atoms with Gasteiger partial charge in [0.1, 0.15) is 11.5 Å². The fourth-order valence-corrected chi connectivity index (χ4v) is 2.48. The first-order chi connectivity index (χ1) is 9.51. The zero-order valence-corrected chi connectivity index (χ0v) is 13.1. The molecule has 0 saturated carbocycles. The number of rotatable bonds is 4. The first kappa shape index (κ1) is 15.1. The smallest absolute Gasteiger partial charge is 0.270 e. The van der Waals surface area contributed by atoms with Crippen LogP contribution in [0.2, 0.25) is 5.02 Å². The maximum absolute atomic E-state index is 10.7. The maximum atomic E-state index is 10.7. The minimum absolute atomic E-state index is 0.0325. The molecule has 2 rings (SSSR count). The molecule has 0 unspecified atom stereocenters. The molecule has 4 nitrogen and oxygen atoms in total. The Morgan fingerprint density at radius 3 is 2.50 bits per heavy atom. The van der Waals surface area contributed by atoms with E-state index in [1.54, 1.807) is 18.2 Å². The molecule has 20 heavy (non-hydrogen) atoms. The zero-order chi connectivity index (χ0) is 14.7. The number of hydrogen-bond donors (Lipinski definition) is 0. The Morgan fingerprint density at radius 1 is 1.20 bits per heavy atom. The Kier molecular flexibility index (Phi) is 4.86. The summed E-state index contributed by atoms with van der Waals surface area (Å²) in [7, 11) is 0. The number of non-ortho nitro benzene ring substituents is 1. The highest BCUT2D eigenvalue weighted by Gasteiger charge is 2.13. The third-order valence-corrected chi connectivity index (χ3v) is 3.59. The van der Waals surface area contributed by atoms with Crippen molar-refractivity contribution < 1.29 is 9.66 Å². The molecule has 0 fully saturated rings. The van der Waals surface area contributed by atoms with Crippen LogP contribution in [0.1, 0.15) is 5.56 Å². The van der Waals surface area contributed by atoms with Gasteiger partial charge >= 0.3 is 0 Å². The van der Waals surface area contributed by atoms with Gasteiger partial charge in [0, 0.05) is 22.2 Å². The number of nitro benzene ring substituents is 1. The molecule has 0 spiro atoms. The molecule has 0 bridgehead atoms. The summed E-state index contributed by atoms with van der Waals surface area (Å²) in [6.45, 7) is 0. The number of benzene rings is 2. The van der Waals surface area contributed by atoms with Gasteiger partial charge in [-0.3, -0.25) is 10.1 Å². The van der Waals surface area contributed by atoms with Gasteiger partial charge in [-0.2, -0.15) is 0 Å². The van der Waals surface area contributed by atoms with Crippen LogP contribution in [0, 0.1) is 10.1 Å². The Bertz CT molecular complexity index is 664. The van der Waals surface area contributed by atoms with Crippen LogP contribution in [0.3, 0.4) is 0 Å². The van der Waals surface area contributed by atoms with Crippen LogP contribution in [0.4, 0.5) is 5.69 Å². The van der Waals surface area contributed by atoms with Crippen molar-refractivity contribution in [1.29, 1.82) is 0 Å². The van der Waals surface area contributed by atoms with E-state index in [-0.39, 0.29) is 11.6 Å². The molecule has 0 aromatic heterocycles. The maximum Gasteiger partial charge on any atom is 0.270 e. The predicted molar refractivity (Wildman–Crippen MR) is 81.9 cm³/mol. The molecule has 0 saturated heterocycles. The summed E-state index contributed by atoms with van der Waals surface area (Å²) in [6.07, 6.45) is 0. The van der Waals surface area contributed by atoms with Gasteiger partial charge in [-0.1, -0.05) is 27.5 Å². The van der Waals surface area contributed by atoms with Gasteiger partial charge in [-0.25, -0.2) is 0 Å². The fraction of sp³-hybridized carbons (Fsp3) is 0.0769. The van der Waals surface area contributed by atoms with E-state index in [1.807, 2.05) is 0 Å². The molecule has 0 amide bonds. The van der Waals surface area contributed by atoms with Crippen molar-refractivity contribution in [1.82, 2.24) is 0 Å². The summed E-state index contributed by atoms with van der Waals surface area (Å²) in [5.41, 5.74) is 0.495. The fourth-order valence-electron chi connectivity index (χ4n) is 1.56. The first-order valence-corrected chi connectivity index (χ1v) is 7.18. The van der Waals surface area contributed by atoms with E-state index in [4.69, 9.17) is 27.9 Å². The van der Waals surface area contributed by atoms with E-state index >= 15 is 0 Å². The number of ether oxygens (including phenoxy) is 1. The first-order valence-electron chi connectivity index (χ1n) is 5.47. The van der Waals surface area contributed by atoms with Crippen molar-refractivity contribution in [3.8, 4) is 11.5 Å². The second kappa shape index (κ2) is 6.43. The van der Waals surface area contributed by atoms with Crippen LogP contribution < -0.4 is 4.74 Å². The third-order valence-electron chi connectivity index (χ3n) is 2.51. The molecule has 7 heteroatoms. The average Bonchev–Trinajstić information content (AvgIpc) is 2.42. The van der Waals surface area contributed by atoms with Crippen LogP contribution in [0.15, 0.2) is 40.9 Å². The molecule has 2 aromatic carbocycles. The number of nitro groups is 1. The average molecular weight is 377 g/mol. The molecular formula is C13H8BrCl2NO3. The molecule has 0 aliphatic carbocycles. The van der Waals surface area contributed by atoms with Gasteiger partial charge in [0.2, 0.25) is 0 Å². The monoisotopic (exact) mass is 375 g/mol. The van der Waals surface area contributed by atoms with E-state index in [9.17, 15) is 10.1 Å². The highest BCUT2D eigenvalue weighted by Crippen LogP contribution is 2.34. The largest absolute Gasteiger partial charge is 0.455 e. The lowest BCUT2D eigenvalue weighted by Gasteiger charge is -2.11. The molecule has 0 aliphatic rings. The molecular weight excluding hydrogens is 369 g/mol. The van der Waals surface area contributed by atoms with Crippen LogP contribution in [-0.2, 0) is 5.88 Å². The summed E-state index contributed by atoms with van der Waals surface area (Å²) in [4.78, 5) is 10.2. The highest BCUT2D eigenvalue weighted by molar-refractivity contribution is 9.10. The van der Waals surface area contributed by atoms with Gasteiger partial charge in [0.15, 0.2) is 0 Å². The lowest BCUT2D eigenvalue weighted by Crippen LogP contribution is -1.94. The van der Waals surface area contributed by atoms with Crippen LogP contribution >= 0.6 is 39.1 Å². The molecule has 2 aromatic rings. The number of hydrogen-bond acceptors (Lipinski definition) is 3. The van der Waals surface area contributed by atoms with Crippen molar-refractivity contribution in [3.63, 3.8) is 0 Å². The number of halogens is 3. The number of alkyl halides is 1. The molecule has 0 N–H and O–H groups in total. The van der Waals surface area contributed by atoms with Crippen molar-refractivity contribution in [2.24, 2.45) is 0 Å². The van der Waals surface area contributed by atoms with E-state index in [0.29, 0.717) is 22.1 Å². The van der Waals surface area contributed by atoms with Gasteiger partial charge in [-0.05, 0) is 24.3 Å². The number of nitrogens with zero attached hydrogens (tertiary/aromatic N) is 1. The molecule has 0 radical (unpaired) electrons. The quantitative estimate of drug-likeness (QED) is 0.399. The zero-order valence-electron chi connectivity index (χ0n) is 9.98. The van der Waals surface area contributed by atoms with E-state index in [1.165, 1.54) is 18.2 Å². The summed E-state index contributed by atoms with van der Waals surface area (Å²) >= 11 is 15.2. The van der Waals surface area contributed by atoms with Crippen LogP contribution in [-0.4, -0.2) is 4.92 Å². The summed E-state index contributed by atoms with van der Waals surface area (Å²) < 4.78 is 6.49. The van der Waals surface area contributed by atoms with Crippen LogP contribution in [0.5, 0.6) is 11.5 Å². The normalized spacial score (nSPS) is 10.3. The lowest BCUT2D eigenvalue weighted by atomic mass is 10.2. The van der Waals surface area contributed by atoms with E-state index in [2.05, 4.69) is 15.9 Å². The Balaban J connectivity index is 2.35. The topological polar surface area (TPSA) is 52.4 Å². The van der Waals surface area contributed by atoms with Gasteiger partial charge in [-0.15, -0.1) is 11.6 Å². The Hall–Kier alpha value is -1.30. The van der Waals surface area contributed by atoms with E-state index in [0.717, 1.165) is 4.47 Å². The Labute approximate surface area is 133 Å². The van der Waals surface area contributed by atoms with Crippen molar-refractivity contribution in [3.05, 3.63) is 61.6 Å². The minimum atomic E-state index is -0.480. The van der Waals surface area contributed by atoms with Crippen molar-refractivity contribution in [2.75, 3.05) is 0 Å². The third kappa shape index (κ3) is 3.42. The SMILES string of the molecule is O=[N+]([O-])c1ccc(Oc2ccc(Br)cc2Cl)c(CCl)c1. The predicted octanol–water partition coefficient (Wildman–Crippen LogP) is 5.54. The van der Waals surface area contributed by atoms with Crippen LogP contribution in [0.25, 0.3) is 0 Å². The molecule has 0 heterocycles.